The van der Waals surface area contributed by atoms with Gasteiger partial charge in [0.15, 0.2) is 0 Å². The smallest absolute Gasteiger partial charge is 0.0175 e. The summed E-state index contributed by atoms with van der Waals surface area (Å²) >= 11 is 3.45. The van der Waals surface area contributed by atoms with E-state index in [4.69, 9.17) is 0 Å². The maximum atomic E-state index is 3.45. The molecule has 0 N–H and O–H groups in total. The normalized spacial score (nSPS) is 11.3. The molecule has 0 heterocycles. The summed E-state index contributed by atoms with van der Waals surface area (Å²) in [6, 6.07) is 8.59. The van der Waals surface area contributed by atoms with Crippen molar-refractivity contribution in [1.82, 2.24) is 4.90 Å². The maximum absolute atomic E-state index is 3.45. The van der Waals surface area contributed by atoms with Crippen molar-refractivity contribution in [1.29, 1.82) is 0 Å². The van der Waals surface area contributed by atoms with Crippen LogP contribution in [0.15, 0.2) is 28.7 Å². The Labute approximate surface area is 102 Å². The van der Waals surface area contributed by atoms with E-state index in [0.29, 0.717) is 0 Å². The molecule has 0 aliphatic carbocycles. The molecule has 2 heteroatoms. The molecule has 0 aromatic heterocycles. The van der Waals surface area contributed by atoms with E-state index in [1.807, 2.05) is 0 Å². The van der Waals surface area contributed by atoms with Crippen LogP contribution in [0.2, 0.25) is 0 Å². The largest absolute Gasteiger partial charge is 0.306 e. The fourth-order valence-corrected chi connectivity index (χ4v) is 1.95. The van der Waals surface area contributed by atoms with Gasteiger partial charge in [0.1, 0.15) is 0 Å². The topological polar surface area (TPSA) is 3.24 Å². The molecule has 0 saturated heterocycles. The lowest BCUT2D eigenvalue weighted by atomic mass is 10.1. The minimum Gasteiger partial charge on any atom is -0.306 e. The van der Waals surface area contributed by atoms with Gasteiger partial charge in [0.2, 0.25) is 0 Å². The molecule has 0 saturated carbocycles. The molecule has 0 amide bonds. The first-order valence-electron chi connectivity index (χ1n) is 5.51. The summed E-state index contributed by atoms with van der Waals surface area (Å²) < 4.78 is 1.15. The summed E-state index contributed by atoms with van der Waals surface area (Å²) in [5, 5.41) is 0. The molecule has 0 aliphatic heterocycles. The lowest BCUT2D eigenvalue weighted by Gasteiger charge is -2.18. The second-order valence-corrected chi connectivity index (χ2v) is 5.45. The summed E-state index contributed by atoms with van der Waals surface area (Å²) in [4.78, 5) is 2.40. The molecule has 15 heavy (non-hydrogen) atoms. The van der Waals surface area contributed by atoms with Gasteiger partial charge in [-0.15, -0.1) is 0 Å². The molecule has 1 aromatic carbocycles. The molecule has 1 rings (SSSR count). The Balaban J connectivity index is 2.33. The third kappa shape index (κ3) is 5.33. The van der Waals surface area contributed by atoms with Crippen molar-refractivity contribution in [3.8, 4) is 0 Å². The van der Waals surface area contributed by atoms with E-state index in [2.05, 4.69) is 66.0 Å². The van der Waals surface area contributed by atoms with Crippen LogP contribution in [0, 0.1) is 5.92 Å². The Morgan fingerprint density at radius 3 is 2.33 bits per heavy atom. The average molecular weight is 270 g/mol. The molecule has 84 valence electrons. The highest BCUT2D eigenvalue weighted by Gasteiger charge is 2.01. The van der Waals surface area contributed by atoms with Crippen molar-refractivity contribution in [2.24, 2.45) is 5.92 Å². The van der Waals surface area contributed by atoms with Crippen LogP contribution in [-0.4, -0.2) is 25.0 Å². The molecule has 0 radical (unpaired) electrons. The molecule has 0 aliphatic rings. The highest BCUT2D eigenvalue weighted by Crippen LogP contribution is 2.11. The van der Waals surface area contributed by atoms with Crippen LogP contribution >= 0.6 is 15.9 Å². The zero-order valence-electron chi connectivity index (χ0n) is 9.83. The first kappa shape index (κ1) is 12.7. The highest BCUT2D eigenvalue weighted by molar-refractivity contribution is 9.10. The maximum Gasteiger partial charge on any atom is 0.0175 e. The van der Waals surface area contributed by atoms with E-state index in [1.165, 1.54) is 12.1 Å². The van der Waals surface area contributed by atoms with Crippen LogP contribution in [0.25, 0.3) is 0 Å². The van der Waals surface area contributed by atoms with Crippen LogP contribution in [0.4, 0.5) is 0 Å². The van der Waals surface area contributed by atoms with Gasteiger partial charge < -0.3 is 4.90 Å². The minimum atomic E-state index is 0.750. The molecule has 0 bridgehead atoms. The zero-order chi connectivity index (χ0) is 11.3. The van der Waals surface area contributed by atoms with E-state index in [0.717, 1.165) is 23.4 Å². The van der Waals surface area contributed by atoms with E-state index in [9.17, 15) is 0 Å². The predicted octanol–water partition coefficient (Wildman–Crippen LogP) is 3.58. The van der Waals surface area contributed by atoms with Gasteiger partial charge in [-0.1, -0.05) is 41.9 Å². The summed E-state index contributed by atoms with van der Waals surface area (Å²) in [5.41, 5.74) is 1.41. The van der Waals surface area contributed by atoms with Gasteiger partial charge in [0.05, 0.1) is 0 Å². The van der Waals surface area contributed by atoms with Crippen molar-refractivity contribution >= 4 is 15.9 Å². The third-order valence-corrected chi connectivity index (χ3v) is 2.90. The first-order valence-corrected chi connectivity index (χ1v) is 6.30. The monoisotopic (exact) mass is 269 g/mol. The molecular formula is C13H20BrN. The zero-order valence-corrected chi connectivity index (χ0v) is 11.4. The van der Waals surface area contributed by atoms with E-state index in [-0.39, 0.29) is 0 Å². The van der Waals surface area contributed by atoms with E-state index < -0.39 is 0 Å². The lowest BCUT2D eigenvalue weighted by Crippen LogP contribution is -2.25. The number of halogens is 1. The molecule has 1 aromatic rings. The molecule has 0 fully saturated rings. The van der Waals surface area contributed by atoms with Crippen molar-refractivity contribution < 1.29 is 0 Å². The second kappa shape index (κ2) is 6.29. The molecular weight excluding hydrogens is 250 g/mol. The molecule has 1 nitrogen and oxygen atoms in total. The number of nitrogens with zero attached hydrogens (tertiary/aromatic N) is 1. The quantitative estimate of drug-likeness (QED) is 0.790. The van der Waals surface area contributed by atoms with Gasteiger partial charge in [-0.25, -0.2) is 0 Å². The summed E-state index contributed by atoms with van der Waals surface area (Å²) in [5.74, 6) is 0.750. The van der Waals surface area contributed by atoms with Gasteiger partial charge in [-0.05, 0) is 37.1 Å². The average Bonchev–Trinajstić information content (AvgIpc) is 2.16. The van der Waals surface area contributed by atoms with Crippen molar-refractivity contribution in [2.75, 3.05) is 20.1 Å². The summed E-state index contributed by atoms with van der Waals surface area (Å²) in [6.45, 7) is 6.84. The standard InChI is InChI=1S/C13H20BrN/c1-11(2)10-15(3)9-8-12-4-6-13(14)7-5-12/h4-7,11H,8-10H2,1-3H3. The molecule has 0 atom stereocenters. The van der Waals surface area contributed by atoms with Crippen LogP contribution < -0.4 is 0 Å². The van der Waals surface area contributed by atoms with Crippen LogP contribution in [0.1, 0.15) is 19.4 Å². The Hall–Kier alpha value is -0.340. The van der Waals surface area contributed by atoms with E-state index >= 15 is 0 Å². The predicted molar refractivity (Wildman–Crippen MR) is 70.2 cm³/mol. The van der Waals surface area contributed by atoms with Crippen LogP contribution in [0.5, 0.6) is 0 Å². The van der Waals surface area contributed by atoms with Crippen molar-refractivity contribution in [2.45, 2.75) is 20.3 Å². The fraction of sp³-hybridized carbons (Fsp3) is 0.538. The minimum absolute atomic E-state index is 0.750. The second-order valence-electron chi connectivity index (χ2n) is 4.53. The number of hydrogen-bond donors (Lipinski definition) is 0. The Morgan fingerprint density at radius 2 is 1.80 bits per heavy atom. The number of benzene rings is 1. The Bertz CT molecular complexity index is 279. The highest BCUT2D eigenvalue weighted by atomic mass is 79.9. The first-order chi connectivity index (χ1) is 7.08. The van der Waals surface area contributed by atoms with Crippen LogP contribution in [0.3, 0.4) is 0 Å². The number of likely N-dealkylation sites (N-methyl/N-ethyl adjacent to an activating group) is 1. The Kier molecular flexibility index (Phi) is 5.34. The SMILES string of the molecule is CC(C)CN(C)CCc1ccc(Br)cc1. The van der Waals surface area contributed by atoms with Gasteiger partial charge in [-0.3, -0.25) is 0 Å². The number of rotatable bonds is 5. The van der Waals surface area contributed by atoms with Gasteiger partial charge >= 0.3 is 0 Å². The fourth-order valence-electron chi connectivity index (χ4n) is 1.69. The van der Waals surface area contributed by atoms with Crippen molar-refractivity contribution in [3.05, 3.63) is 34.3 Å². The Morgan fingerprint density at radius 1 is 1.20 bits per heavy atom. The van der Waals surface area contributed by atoms with Crippen LogP contribution in [-0.2, 0) is 6.42 Å². The lowest BCUT2D eigenvalue weighted by molar-refractivity contribution is 0.299. The summed E-state index contributed by atoms with van der Waals surface area (Å²) in [6.07, 6.45) is 1.14. The van der Waals surface area contributed by atoms with Gasteiger partial charge in [0.25, 0.3) is 0 Å². The van der Waals surface area contributed by atoms with E-state index in [1.54, 1.807) is 0 Å². The molecule has 0 spiro atoms. The third-order valence-electron chi connectivity index (χ3n) is 2.37. The van der Waals surface area contributed by atoms with Gasteiger partial charge in [-0.2, -0.15) is 0 Å². The van der Waals surface area contributed by atoms with Crippen molar-refractivity contribution in [3.63, 3.8) is 0 Å². The molecule has 0 unspecified atom stereocenters. The summed E-state index contributed by atoms with van der Waals surface area (Å²) in [7, 11) is 2.19. The number of hydrogen-bond acceptors (Lipinski definition) is 1. The van der Waals surface area contributed by atoms with Gasteiger partial charge in [0, 0.05) is 17.6 Å².